The van der Waals surface area contributed by atoms with Crippen molar-refractivity contribution in [3.05, 3.63) is 28.5 Å². The van der Waals surface area contributed by atoms with Gasteiger partial charge in [0, 0.05) is 23.3 Å². The Labute approximate surface area is 104 Å². The van der Waals surface area contributed by atoms with Gasteiger partial charge in [0.15, 0.2) is 0 Å². The second-order valence-corrected chi connectivity index (χ2v) is 4.90. The van der Waals surface area contributed by atoms with Gasteiger partial charge < -0.3 is 11.1 Å². The van der Waals surface area contributed by atoms with Crippen LogP contribution >= 0.6 is 15.9 Å². The summed E-state index contributed by atoms with van der Waals surface area (Å²) in [6.45, 7) is 4.51. The van der Waals surface area contributed by atoms with Gasteiger partial charge in [-0.2, -0.15) is 0 Å². The lowest BCUT2D eigenvalue weighted by atomic mass is 10.1. The van der Waals surface area contributed by atoms with Crippen LogP contribution in [0.25, 0.3) is 0 Å². The van der Waals surface area contributed by atoms with Crippen molar-refractivity contribution >= 4 is 21.8 Å². The molecule has 0 spiro atoms. The van der Waals surface area contributed by atoms with Gasteiger partial charge in [0.05, 0.1) is 0 Å². The van der Waals surface area contributed by atoms with Crippen LogP contribution in [0.15, 0.2) is 22.8 Å². The van der Waals surface area contributed by atoms with Crippen LogP contribution in [-0.2, 0) is 0 Å². The molecule has 4 nitrogen and oxygen atoms in total. The van der Waals surface area contributed by atoms with E-state index in [0.717, 1.165) is 4.47 Å². The summed E-state index contributed by atoms with van der Waals surface area (Å²) >= 11 is 3.26. The fraction of sp³-hybridized carbons (Fsp3) is 0.455. The predicted octanol–water partition coefficient (Wildman–Crippen LogP) is 1.56. The van der Waals surface area contributed by atoms with E-state index in [1.807, 2.05) is 13.8 Å². The number of amides is 1. The first-order valence-corrected chi connectivity index (χ1v) is 5.95. The molecule has 1 unspecified atom stereocenters. The molecule has 0 bridgehead atoms. The number of hydrogen-bond donors (Lipinski definition) is 2. The first-order chi connectivity index (χ1) is 7.50. The van der Waals surface area contributed by atoms with E-state index in [0.29, 0.717) is 18.2 Å². The molecule has 0 aliphatic carbocycles. The van der Waals surface area contributed by atoms with Gasteiger partial charge in [-0.3, -0.25) is 4.79 Å². The van der Waals surface area contributed by atoms with Crippen LogP contribution < -0.4 is 11.1 Å². The normalized spacial score (nSPS) is 12.6. The monoisotopic (exact) mass is 285 g/mol. The van der Waals surface area contributed by atoms with Crippen LogP contribution in [0.2, 0.25) is 0 Å². The standard InChI is InChI=1S/C11H16BrN3O/c1-7(2)9(13)6-15-11(16)10-4-3-8(12)5-14-10/h3-5,7,9H,6,13H2,1-2H3,(H,15,16). The highest BCUT2D eigenvalue weighted by Gasteiger charge is 2.11. The van der Waals surface area contributed by atoms with Crippen molar-refractivity contribution in [3.63, 3.8) is 0 Å². The van der Waals surface area contributed by atoms with E-state index in [4.69, 9.17) is 5.73 Å². The van der Waals surface area contributed by atoms with E-state index in [2.05, 4.69) is 26.2 Å². The number of halogens is 1. The Morgan fingerprint density at radius 1 is 1.56 bits per heavy atom. The van der Waals surface area contributed by atoms with Crippen molar-refractivity contribution in [1.82, 2.24) is 10.3 Å². The molecule has 0 aliphatic rings. The topological polar surface area (TPSA) is 68.0 Å². The van der Waals surface area contributed by atoms with Gasteiger partial charge in [-0.15, -0.1) is 0 Å². The Balaban J connectivity index is 2.50. The lowest BCUT2D eigenvalue weighted by Gasteiger charge is -2.15. The third-order valence-corrected chi connectivity index (χ3v) is 2.78. The summed E-state index contributed by atoms with van der Waals surface area (Å²) in [5.74, 6) is 0.154. The summed E-state index contributed by atoms with van der Waals surface area (Å²) in [6.07, 6.45) is 1.59. The molecular weight excluding hydrogens is 270 g/mol. The molecule has 1 aromatic heterocycles. The Hall–Kier alpha value is -0.940. The van der Waals surface area contributed by atoms with E-state index in [9.17, 15) is 4.79 Å². The van der Waals surface area contributed by atoms with Crippen LogP contribution in [0, 0.1) is 5.92 Å². The number of carbonyl (C=O) groups excluding carboxylic acids is 1. The number of aromatic nitrogens is 1. The van der Waals surface area contributed by atoms with Gasteiger partial charge >= 0.3 is 0 Å². The Bertz CT molecular complexity index is 351. The van der Waals surface area contributed by atoms with Gasteiger partial charge in [-0.05, 0) is 34.0 Å². The minimum absolute atomic E-state index is 0.0283. The van der Waals surface area contributed by atoms with E-state index in [-0.39, 0.29) is 11.9 Å². The van der Waals surface area contributed by atoms with Crippen molar-refractivity contribution in [2.24, 2.45) is 11.7 Å². The van der Waals surface area contributed by atoms with Crippen molar-refractivity contribution in [2.75, 3.05) is 6.54 Å². The quantitative estimate of drug-likeness (QED) is 0.882. The minimum Gasteiger partial charge on any atom is -0.349 e. The number of pyridine rings is 1. The zero-order valence-corrected chi connectivity index (χ0v) is 11.0. The highest BCUT2D eigenvalue weighted by atomic mass is 79.9. The van der Waals surface area contributed by atoms with Crippen LogP contribution in [0.1, 0.15) is 24.3 Å². The zero-order valence-electron chi connectivity index (χ0n) is 9.40. The molecule has 0 saturated heterocycles. The first kappa shape index (κ1) is 13.1. The third-order valence-electron chi connectivity index (χ3n) is 2.31. The average molecular weight is 286 g/mol. The molecule has 0 radical (unpaired) electrons. The molecule has 0 saturated carbocycles. The maximum Gasteiger partial charge on any atom is 0.269 e. The summed E-state index contributed by atoms with van der Waals surface area (Å²) in [7, 11) is 0. The molecule has 1 heterocycles. The maximum absolute atomic E-state index is 11.6. The summed E-state index contributed by atoms with van der Waals surface area (Å²) in [5, 5.41) is 2.76. The molecular formula is C11H16BrN3O. The number of rotatable bonds is 4. The van der Waals surface area contributed by atoms with Gasteiger partial charge in [-0.25, -0.2) is 4.98 Å². The summed E-state index contributed by atoms with van der Waals surface area (Å²) in [6, 6.07) is 3.42. The Kier molecular flexibility index (Phi) is 4.89. The zero-order chi connectivity index (χ0) is 12.1. The highest BCUT2D eigenvalue weighted by molar-refractivity contribution is 9.10. The van der Waals surface area contributed by atoms with Crippen LogP contribution in [0.5, 0.6) is 0 Å². The molecule has 1 aromatic rings. The SMILES string of the molecule is CC(C)C(N)CNC(=O)c1ccc(Br)cn1. The number of hydrogen-bond acceptors (Lipinski definition) is 3. The number of nitrogens with zero attached hydrogens (tertiary/aromatic N) is 1. The molecule has 1 amide bonds. The molecule has 0 aliphatic heterocycles. The van der Waals surface area contributed by atoms with E-state index >= 15 is 0 Å². The van der Waals surface area contributed by atoms with E-state index in [1.54, 1.807) is 18.3 Å². The van der Waals surface area contributed by atoms with Gasteiger partial charge in [0.25, 0.3) is 5.91 Å². The number of nitrogens with one attached hydrogen (secondary N) is 1. The summed E-state index contributed by atoms with van der Waals surface area (Å²) in [4.78, 5) is 15.6. The van der Waals surface area contributed by atoms with Gasteiger partial charge in [0.1, 0.15) is 5.69 Å². The Morgan fingerprint density at radius 3 is 2.75 bits per heavy atom. The third kappa shape index (κ3) is 3.90. The summed E-state index contributed by atoms with van der Waals surface area (Å²) in [5.41, 5.74) is 6.23. The second-order valence-electron chi connectivity index (χ2n) is 3.98. The van der Waals surface area contributed by atoms with Gasteiger partial charge in [-0.1, -0.05) is 13.8 Å². The molecule has 5 heteroatoms. The largest absolute Gasteiger partial charge is 0.349 e. The molecule has 3 N–H and O–H groups in total. The number of carbonyl (C=O) groups is 1. The minimum atomic E-state index is -0.191. The van der Waals surface area contributed by atoms with Crippen LogP contribution in [-0.4, -0.2) is 23.5 Å². The van der Waals surface area contributed by atoms with E-state index < -0.39 is 0 Å². The predicted molar refractivity (Wildman–Crippen MR) is 67.1 cm³/mol. The summed E-state index contributed by atoms with van der Waals surface area (Å²) < 4.78 is 0.850. The first-order valence-electron chi connectivity index (χ1n) is 5.16. The number of nitrogens with two attached hydrogens (primary N) is 1. The molecule has 1 rings (SSSR count). The fourth-order valence-electron chi connectivity index (χ4n) is 1.05. The molecule has 88 valence electrons. The molecule has 0 aromatic carbocycles. The maximum atomic E-state index is 11.6. The Morgan fingerprint density at radius 2 is 2.25 bits per heavy atom. The average Bonchev–Trinajstić information content (AvgIpc) is 2.26. The lowest BCUT2D eigenvalue weighted by Crippen LogP contribution is -2.40. The van der Waals surface area contributed by atoms with Crippen LogP contribution in [0.3, 0.4) is 0 Å². The van der Waals surface area contributed by atoms with Crippen molar-refractivity contribution < 1.29 is 4.79 Å². The van der Waals surface area contributed by atoms with Crippen molar-refractivity contribution in [3.8, 4) is 0 Å². The van der Waals surface area contributed by atoms with E-state index in [1.165, 1.54) is 0 Å². The lowest BCUT2D eigenvalue weighted by molar-refractivity contribution is 0.0944. The van der Waals surface area contributed by atoms with Gasteiger partial charge in [0.2, 0.25) is 0 Å². The smallest absolute Gasteiger partial charge is 0.269 e. The fourth-order valence-corrected chi connectivity index (χ4v) is 1.28. The molecule has 1 atom stereocenters. The van der Waals surface area contributed by atoms with Crippen molar-refractivity contribution in [2.45, 2.75) is 19.9 Å². The van der Waals surface area contributed by atoms with Crippen LogP contribution in [0.4, 0.5) is 0 Å². The van der Waals surface area contributed by atoms with Crippen molar-refractivity contribution in [1.29, 1.82) is 0 Å². The molecule has 16 heavy (non-hydrogen) atoms. The molecule has 0 fully saturated rings. The highest BCUT2D eigenvalue weighted by Crippen LogP contribution is 2.07. The second kappa shape index (κ2) is 5.96.